The minimum atomic E-state index is -0.297. The lowest BCUT2D eigenvalue weighted by Crippen LogP contribution is -2.23. The third-order valence-electron chi connectivity index (χ3n) is 3.41. The molecule has 0 N–H and O–H groups in total. The van der Waals surface area contributed by atoms with E-state index in [1.54, 1.807) is 29.9 Å². The molecule has 0 aliphatic heterocycles. The quantitative estimate of drug-likeness (QED) is 0.674. The molecule has 0 radical (unpaired) electrons. The molecule has 22 heavy (non-hydrogen) atoms. The molecular weight excluding hydrogens is 287 g/mol. The van der Waals surface area contributed by atoms with Crippen LogP contribution in [0.1, 0.15) is 6.42 Å². The Morgan fingerprint density at radius 1 is 1.27 bits per heavy atom. The summed E-state index contributed by atoms with van der Waals surface area (Å²) >= 11 is 0. The van der Waals surface area contributed by atoms with E-state index in [-0.39, 0.29) is 11.5 Å². The Balaban J connectivity index is 1.66. The molecule has 0 bridgehead atoms. The van der Waals surface area contributed by atoms with Crippen LogP contribution in [0.2, 0.25) is 0 Å². The first kappa shape index (κ1) is 14.2. The summed E-state index contributed by atoms with van der Waals surface area (Å²) in [6, 6.07) is 5.85. The topological polar surface area (TPSA) is 61.9 Å². The Kier molecular flexibility index (Phi) is 3.86. The molecule has 0 amide bonds. The van der Waals surface area contributed by atoms with Gasteiger partial charge in [-0.25, -0.2) is 19.2 Å². The second-order valence-electron chi connectivity index (χ2n) is 4.88. The van der Waals surface area contributed by atoms with Gasteiger partial charge >= 0.3 is 5.69 Å². The Labute approximate surface area is 125 Å². The lowest BCUT2D eigenvalue weighted by Gasteiger charge is -2.06. The summed E-state index contributed by atoms with van der Waals surface area (Å²) in [4.78, 5) is 20.2. The Hall–Kier alpha value is -2.70. The van der Waals surface area contributed by atoms with E-state index in [0.717, 1.165) is 0 Å². The summed E-state index contributed by atoms with van der Waals surface area (Å²) in [5.74, 6) is 0.310. The van der Waals surface area contributed by atoms with Crippen LogP contribution in [-0.4, -0.2) is 25.7 Å². The van der Waals surface area contributed by atoms with Crippen LogP contribution in [0.5, 0.6) is 5.75 Å². The highest BCUT2D eigenvalue weighted by Crippen LogP contribution is 2.12. The van der Waals surface area contributed by atoms with Crippen molar-refractivity contribution in [1.29, 1.82) is 0 Å². The number of nitrogens with zero attached hydrogens (tertiary/aromatic N) is 4. The van der Waals surface area contributed by atoms with E-state index >= 15 is 0 Å². The van der Waals surface area contributed by atoms with Crippen LogP contribution in [0.25, 0.3) is 11.2 Å². The molecule has 3 aromatic rings. The number of fused-ring (bicyclic) bond motifs is 1. The molecule has 7 heteroatoms. The average Bonchev–Trinajstić information content (AvgIpc) is 2.78. The Bertz CT molecular complexity index is 839. The molecule has 0 fully saturated rings. The number of rotatable bonds is 5. The predicted octanol–water partition coefficient (Wildman–Crippen LogP) is 1.74. The van der Waals surface area contributed by atoms with Crippen LogP contribution in [0.3, 0.4) is 0 Å². The molecule has 0 atom stereocenters. The second kappa shape index (κ2) is 5.97. The molecule has 0 aliphatic rings. The summed E-state index contributed by atoms with van der Waals surface area (Å²) < 4.78 is 21.4. The SMILES string of the molecule is Cn1c(=O)n(CCCOc2ccc(F)cc2)c2cncnc21. The molecule has 6 nitrogen and oxygen atoms in total. The maximum atomic E-state index is 12.8. The van der Waals surface area contributed by atoms with Gasteiger partial charge in [0.05, 0.1) is 12.8 Å². The molecule has 3 rings (SSSR count). The van der Waals surface area contributed by atoms with Crippen LogP contribution in [0.4, 0.5) is 4.39 Å². The third kappa shape index (κ3) is 2.69. The highest BCUT2D eigenvalue weighted by atomic mass is 19.1. The van der Waals surface area contributed by atoms with Crippen molar-refractivity contribution in [3.63, 3.8) is 0 Å². The van der Waals surface area contributed by atoms with Crippen LogP contribution in [-0.2, 0) is 13.6 Å². The van der Waals surface area contributed by atoms with Crippen molar-refractivity contribution < 1.29 is 9.13 Å². The van der Waals surface area contributed by atoms with E-state index in [0.29, 0.717) is 36.5 Å². The normalized spacial score (nSPS) is 11.0. The highest BCUT2D eigenvalue weighted by molar-refractivity contribution is 5.69. The van der Waals surface area contributed by atoms with Gasteiger partial charge in [0, 0.05) is 13.6 Å². The fourth-order valence-corrected chi connectivity index (χ4v) is 2.30. The summed E-state index contributed by atoms with van der Waals surface area (Å²) in [7, 11) is 1.68. The minimum Gasteiger partial charge on any atom is -0.494 e. The van der Waals surface area contributed by atoms with Gasteiger partial charge in [0.1, 0.15) is 23.4 Å². The van der Waals surface area contributed by atoms with Crippen molar-refractivity contribution in [2.75, 3.05) is 6.61 Å². The maximum absolute atomic E-state index is 12.8. The van der Waals surface area contributed by atoms with Gasteiger partial charge in [-0.05, 0) is 30.7 Å². The van der Waals surface area contributed by atoms with Gasteiger partial charge in [-0.15, -0.1) is 0 Å². The number of aromatic nitrogens is 4. The van der Waals surface area contributed by atoms with Crippen molar-refractivity contribution in [3.8, 4) is 5.75 Å². The van der Waals surface area contributed by atoms with Crippen LogP contribution in [0.15, 0.2) is 41.6 Å². The molecule has 0 aliphatic carbocycles. The smallest absolute Gasteiger partial charge is 0.330 e. The lowest BCUT2D eigenvalue weighted by molar-refractivity contribution is 0.301. The summed E-state index contributed by atoms with van der Waals surface area (Å²) in [6.45, 7) is 0.937. The molecule has 1 aromatic carbocycles. The monoisotopic (exact) mass is 302 g/mol. The van der Waals surface area contributed by atoms with Crippen molar-refractivity contribution in [2.45, 2.75) is 13.0 Å². The number of benzene rings is 1. The van der Waals surface area contributed by atoms with Crippen LogP contribution >= 0.6 is 0 Å². The first-order valence-corrected chi connectivity index (χ1v) is 6.90. The second-order valence-corrected chi connectivity index (χ2v) is 4.88. The van der Waals surface area contributed by atoms with E-state index in [1.807, 2.05) is 0 Å². The summed E-state index contributed by atoms with van der Waals surface area (Å²) in [6.07, 6.45) is 3.69. The zero-order valence-corrected chi connectivity index (χ0v) is 12.1. The maximum Gasteiger partial charge on any atom is 0.330 e. The highest BCUT2D eigenvalue weighted by Gasteiger charge is 2.11. The van der Waals surface area contributed by atoms with Gasteiger partial charge in [0.2, 0.25) is 0 Å². The first-order chi connectivity index (χ1) is 10.7. The van der Waals surface area contributed by atoms with E-state index in [1.165, 1.54) is 23.0 Å². The molecule has 0 spiro atoms. The fraction of sp³-hybridized carbons (Fsp3) is 0.267. The Morgan fingerprint density at radius 2 is 2.05 bits per heavy atom. The zero-order valence-electron chi connectivity index (χ0n) is 12.1. The Morgan fingerprint density at radius 3 is 2.82 bits per heavy atom. The lowest BCUT2D eigenvalue weighted by atomic mass is 10.3. The van der Waals surface area contributed by atoms with E-state index < -0.39 is 0 Å². The molecule has 0 saturated heterocycles. The molecular formula is C15H15FN4O2. The van der Waals surface area contributed by atoms with E-state index in [2.05, 4.69) is 9.97 Å². The van der Waals surface area contributed by atoms with Crippen molar-refractivity contribution in [1.82, 2.24) is 19.1 Å². The number of hydrogen-bond donors (Lipinski definition) is 0. The molecule has 0 unspecified atom stereocenters. The third-order valence-corrected chi connectivity index (χ3v) is 3.41. The van der Waals surface area contributed by atoms with Gasteiger partial charge in [-0.1, -0.05) is 0 Å². The standard InChI is InChI=1S/C15H15FN4O2/c1-19-14-13(9-17-10-18-14)20(15(19)21)7-2-8-22-12-5-3-11(16)4-6-12/h3-6,9-10H,2,7-8H2,1H3. The molecule has 114 valence electrons. The number of imidazole rings is 1. The minimum absolute atomic E-state index is 0.128. The van der Waals surface area contributed by atoms with Crippen molar-refractivity contribution in [2.24, 2.45) is 7.05 Å². The number of aryl methyl sites for hydroxylation is 2. The van der Waals surface area contributed by atoms with E-state index in [4.69, 9.17) is 4.74 Å². The van der Waals surface area contributed by atoms with Gasteiger partial charge < -0.3 is 4.74 Å². The first-order valence-electron chi connectivity index (χ1n) is 6.90. The fourth-order valence-electron chi connectivity index (χ4n) is 2.30. The van der Waals surface area contributed by atoms with E-state index in [9.17, 15) is 9.18 Å². The zero-order chi connectivity index (χ0) is 15.5. The van der Waals surface area contributed by atoms with Gasteiger partial charge in [0.15, 0.2) is 5.65 Å². The number of halogens is 1. The van der Waals surface area contributed by atoms with Crippen molar-refractivity contribution >= 4 is 11.2 Å². The molecule has 2 heterocycles. The predicted molar refractivity (Wildman–Crippen MR) is 79.3 cm³/mol. The number of ether oxygens (including phenoxy) is 1. The average molecular weight is 302 g/mol. The summed E-state index contributed by atoms with van der Waals surface area (Å²) in [5.41, 5.74) is 1.19. The van der Waals surface area contributed by atoms with Gasteiger partial charge in [0.25, 0.3) is 0 Å². The largest absolute Gasteiger partial charge is 0.494 e. The van der Waals surface area contributed by atoms with Gasteiger partial charge in [-0.3, -0.25) is 9.13 Å². The van der Waals surface area contributed by atoms with Gasteiger partial charge in [-0.2, -0.15) is 0 Å². The molecule has 2 aromatic heterocycles. The van der Waals surface area contributed by atoms with Crippen LogP contribution < -0.4 is 10.4 Å². The van der Waals surface area contributed by atoms with Crippen molar-refractivity contribution in [3.05, 3.63) is 53.1 Å². The summed E-state index contributed by atoms with van der Waals surface area (Å²) in [5, 5.41) is 0. The molecule has 0 saturated carbocycles. The number of hydrogen-bond acceptors (Lipinski definition) is 4. The van der Waals surface area contributed by atoms with Crippen LogP contribution in [0, 0.1) is 5.82 Å².